The maximum absolute atomic E-state index is 12.2. The number of amidine groups is 1. The molecule has 2 amide bonds. The molecule has 0 bridgehead atoms. The fourth-order valence-electron chi connectivity index (χ4n) is 2.06. The molecular weight excluding hydrogens is 322 g/mol. The zero-order chi connectivity index (χ0) is 16.3. The predicted octanol–water partition coefficient (Wildman–Crippen LogP) is 2.74. The highest BCUT2D eigenvalue weighted by molar-refractivity contribution is 8.15. The van der Waals surface area contributed by atoms with Crippen molar-refractivity contribution in [3.63, 3.8) is 0 Å². The number of nitrogens with one attached hydrogen (secondary N) is 1. The number of rotatable bonds is 4. The van der Waals surface area contributed by atoms with Crippen molar-refractivity contribution in [1.29, 1.82) is 0 Å². The molecule has 1 aliphatic rings. The number of amides is 2. The van der Waals surface area contributed by atoms with Crippen LogP contribution in [-0.4, -0.2) is 40.7 Å². The van der Waals surface area contributed by atoms with Crippen molar-refractivity contribution in [1.82, 2.24) is 10.2 Å². The Balaban J connectivity index is 2.19. The van der Waals surface area contributed by atoms with Crippen molar-refractivity contribution in [2.24, 2.45) is 4.99 Å². The number of benzene rings is 1. The lowest BCUT2D eigenvalue weighted by molar-refractivity contribution is -0.128. The Bertz CT molecular complexity index is 633. The van der Waals surface area contributed by atoms with Crippen molar-refractivity contribution < 1.29 is 9.59 Å². The molecule has 0 aliphatic carbocycles. The summed E-state index contributed by atoms with van der Waals surface area (Å²) in [5.41, 5.74) is 1.60. The normalized spacial score (nSPS) is 19.8. The van der Waals surface area contributed by atoms with Gasteiger partial charge in [-0.05, 0) is 31.5 Å². The molecule has 1 heterocycles. The van der Waals surface area contributed by atoms with E-state index in [9.17, 15) is 9.59 Å². The first-order valence-electron chi connectivity index (χ1n) is 6.98. The molecule has 1 saturated heterocycles. The Kier molecular flexibility index (Phi) is 5.47. The minimum Gasteiger partial charge on any atom is -0.356 e. The Morgan fingerprint density at radius 1 is 1.50 bits per heavy atom. The molecule has 1 fully saturated rings. The van der Waals surface area contributed by atoms with Crippen molar-refractivity contribution in [2.45, 2.75) is 25.5 Å². The van der Waals surface area contributed by atoms with E-state index in [4.69, 9.17) is 11.6 Å². The van der Waals surface area contributed by atoms with Gasteiger partial charge in [0.15, 0.2) is 5.17 Å². The maximum atomic E-state index is 12.2. The van der Waals surface area contributed by atoms with E-state index in [2.05, 4.69) is 10.3 Å². The Morgan fingerprint density at radius 2 is 2.23 bits per heavy atom. The third-order valence-corrected chi connectivity index (χ3v) is 4.98. The van der Waals surface area contributed by atoms with Gasteiger partial charge in [-0.25, -0.2) is 4.99 Å². The standard InChI is InChI=1S/C15H18ClN3O2S/c1-4-17-13(20)8-12-14(21)19(3)15(22-12)18-11-7-5-6-10(16)9(11)2/h5-7,12H,4,8H2,1-3H3,(H,17,20)/t12-/m1/s1. The molecular formula is C15H18ClN3O2S. The topological polar surface area (TPSA) is 61.8 Å². The predicted molar refractivity (Wildman–Crippen MR) is 90.7 cm³/mol. The van der Waals surface area contributed by atoms with Crippen LogP contribution in [0.1, 0.15) is 18.9 Å². The monoisotopic (exact) mass is 339 g/mol. The molecule has 5 nitrogen and oxygen atoms in total. The highest BCUT2D eigenvalue weighted by atomic mass is 35.5. The van der Waals surface area contributed by atoms with Crippen LogP contribution in [0, 0.1) is 6.92 Å². The van der Waals surface area contributed by atoms with E-state index >= 15 is 0 Å². The van der Waals surface area contributed by atoms with E-state index in [0.29, 0.717) is 16.7 Å². The highest BCUT2D eigenvalue weighted by Gasteiger charge is 2.36. The smallest absolute Gasteiger partial charge is 0.242 e. The van der Waals surface area contributed by atoms with Gasteiger partial charge in [0.05, 0.1) is 5.69 Å². The number of nitrogens with zero attached hydrogens (tertiary/aromatic N) is 2. The molecule has 118 valence electrons. The molecule has 0 aromatic heterocycles. The van der Waals surface area contributed by atoms with E-state index in [0.717, 1.165) is 11.3 Å². The minimum absolute atomic E-state index is 0.102. The summed E-state index contributed by atoms with van der Waals surface area (Å²) in [6.07, 6.45) is 0.162. The maximum Gasteiger partial charge on any atom is 0.242 e. The second-order valence-electron chi connectivity index (χ2n) is 4.94. The SMILES string of the molecule is CCNC(=O)C[C@H]1SC(=Nc2cccc(Cl)c2C)N(C)C1=O. The van der Waals surface area contributed by atoms with Gasteiger partial charge in [-0.15, -0.1) is 0 Å². The van der Waals surface area contributed by atoms with Gasteiger partial charge in [-0.2, -0.15) is 0 Å². The quantitative estimate of drug-likeness (QED) is 0.917. The number of carbonyl (C=O) groups is 2. The third-order valence-electron chi connectivity index (χ3n) is 3.34. The Hall–Kier alpha value is -1.53. The minimum atomic E-state index is -0.421. The number of halogens is 1. The van der Waals surface area contributed by atoms with Crippen LogP contribution in [0.15, 0.2) is 23.2 Å². The summed E-state index contributed by atoms with van der Waals surface area (Å²) in [6.45, 7) is 4.29. The number of hydrogen-bond acceptors (Lipinski definition) is 4. The van der Waals surface area contributed by atoms with Gasteiger partial charge >= 0.3 is 0 Å². The van der Waals surface area contributed by atoms with Crippen LogP contribution in [0.3, 0.4) is 0 Å². The molecule has 1 aromatic carbocycles. The number of thioether (sulfide) groups is 1. The lowest BCUT2D eigenvalue weighted by atomic mass is 10.2. The molecule has 0 spiro atoms. The van der Waals surface area contributed by atoms with Crippen LogP contribution >= 0.6 is 23.4 Å². The molecule has 7 heteroatoms. The van der Waals surface area contributed by atoms with Crippen LogP contribution in [0.25, 0.3) is 0 Å². The van der Waals surface area contributed by atoms with Crippen LogP contribution in [0.5, 0.6) is 0 Å². The van der Waals surface area contributed by atoms with Gasteiger partial charge in [-0.1, -0.05) is 29.4 Å². The largest absolute Gasteiger partial charge is 0.356 e. The lowest BCUT2D eigenvalue weighted by Crippen LogP contribution is -2.32. The summed E-state index contributed by atoms with van der Waals surface area (Å²) >= 11 is 7.40. The summed E-state index contributed by atoms with van der Waals surface area (Å²) in [6, 6.07) is 5.47. The summed E-state index contributed by atoms with van der Waals surface area (Å²) in [5.74, 6) is -0.225. The molecule has 1 N–H and O–H groups in total. The summed E-state index contributed by atoms with van der Waals surface area (Å²) < 4.78 is 0. The van der Waals surface area contributed by atoms with Gasteiger partial charge in [-0.3, -0.25) is 14.5 Å². The second-order valence-corrected chi connectivity index (χ2v) is 6.52. The molecule has 0 saturated carbocycles. The van der Waals surface area contributed by atoms with Crippen molar-refractivity contribution in [3.8, 4) is 0 Å². The van der Waals surface area contributed by atoms with Crippen molar-refractivity contribution in [3.05, 3.63) is 28.8 Å². The summed E-state index contributed by atoms with van der Waals surface area (Å²) in [5, 5.41) is 3.51. The van der Waals surface area contributed by atoms with Crippen molar-refractivity contribution in [2.75, 3.05) is 13.6 Å². The van der Waals surface area contributed by atoms with Gasteiger partial charge in [0.2, 0.25) is 11.8 Å². The Morgan fingerprint density at radius 3 is 2.91 bits per heavy atom. The number of hydrogen-bond donors (Lipinski definition) is 1. The number of carbonyl (C=O) groups excluding carboxylic acids is 2. The van der Waals surface area contributed by atoms with Crippen molar-refractivity contribution >= 4 is 46.0 Å². The van der Waals surface area contributed by atoms with Gasteiger partial charge in [0.1, 0.15) is 5.25 Å². The van der Waals surface area contributed by atoms with Gasteiger partial charge in [0.25, 0.3) is 0 Å². The Labute approximate surface area is 139 Å². The van der Waals surface area contributed by atoms with E-state index in [-0.39, 0.29) is 18.2 Å². The molecule has 0 radical (unpaired) electrons. The fourth-order valence-corrected chi connectivity index (χ4v) is 3.37. The zero-order valence-corrected chi connectivity index (χ0v) is 14.3. The number of aliphatic imine (C=N–C) groups is 1. The van der Waals surface area contributed by atoms with Crippen LogP contribution in [0.4, 0.5) is 5.69 Å². The van der Waals surface area contributed by atoms with E-state index in [1.54, 1.807) is 13.1 Å². The average molecular weight is 340 g/mol. The van der Waals surface area contributed by atoms with Crippen LogP contribution in [-0.2, 0) is 9.59 Å². The molecule has 2 rings (SSSR count). The third kappa shape index (κ3) is 3.62. The first-order chi connectivity index (χ1) is 10.4. The van der Waals surface area contributed by atoms with Gasteiger partial charge < -0.3 is 5.32 Å². The van der Waals surface area contributed by atoms with Crippen LogP contribution in [0.2, 0.25) is 5.02 Å². The highest BCUT2D eigenvalue weighted by Crippen LogP contribution is 2.32. The molecule has 0 unspecified atom stereocenters. The van der Waals surface area contributed by atoms with Crippen LogP contribution < -0.4 is 5.32 Å². The average Bonchev–Trinajstić information content (AvgIpc) is 2.72. The van der Waals surface area contributed by atoms with E-state index in [1.165, 1.54) is 16.7 Å². The fraction of sp³-hybridized carbons (Fsp3) is 0.400. The first kappa shape index (κ1) is 16.8. The second kappa shape index (κ2) is 7.15. The lowest BCUT2D eigenvalue weighted by Gasteiger charge is -2.09. The van der Waals surface area contributed by atoms with Gasteiger partial charge in [0, 0.05) is 25.0 Å². The summed E-state index contributed by atoms with van der Waals surface area (Å²) in [7, 11) is 1.67. The zero-order valence-electron chi connectivity index (χ0n) is 12.7. The first-order valence-corrected chi connectivity index (χ1v) is 8.24. The molecule has 1 atom stereocenters. The van der Waals surface area contributed by atoms with E-state index in [1.807, 2.05) is 26.0 Å². The van der Waals surface area contributed by atoms with E-state index < -0.39 is 5.25 Å². The molecule has 22 heavy (non-hydrogen) atoms. The summed E-state index contributed by atoms with van der Waals surface area (Å²) in [4.78, 5) is 29.9. The molecule has 1 aliphatic heterocycles. The molecule has 1 aromatic rings.